The van der Waals surface area contributed by atoms with Crippen LogP contribution in [0.2, 0.25) is 0 Å². The summed E-state index contributed by atoms with van der Waals surface area (Å²) in [6, 6.07) is 10.9. The number of anilines is 1. The van der Waals surface area contributed by atoms with Gasteiger partial charge in [-0.1, -0.05) is 25.1 Å². The quantitative estimate of drug-likeness (QED) is 0.807. The van der Waals surface area contributed by atoms with Crippen LogP contribution in [0.3, 0.4) is 0 Å². The Balaban J connectivity index is 1.67. The van der Waals surface area contributed by atoms with Crippen molar-refractivity contribution < 1.29 is 0 Å². The minimum atomic E-state index is 0.379. The van der Waals surface area contributed by atoms with Crippen molar-refractivity contribution in [2.45, 2.75) is 38.8 Å². The van der Waals surface area contributed by atoms with Crippen LogP contribution < -0.4 is 5.32 Å². The molecule has 1 aromatic carbocycles. The van der Waals surface area contributed by atoms with Gasteiger partial charge in [0.15, 0.2) is 0 Å². The fourth-order valence-corrected chi connectivity index (χ4v) is 3.11. The molecule has 1 aliphatic rings. The van der Waals surface area contributed by atoms with E-state index in [1.165, 1.54) is 11.1 Å². The molecule has 5 nitrogen and oxygen atoms in total. The van der Waals surface area contributed by atoms with Crippen LogP contribution in [-0.2, 0) is 19.4 Å². The maximum absolute atomic E-state index is 4.71. The number of nitrogens with zero attached hydrogens (tertiary/aromatic N) is 4. The molecule has 0 saturated carbocycles. The topological polar surface area (TPSA) is 55.6 Å². The lowest BCUT2D eigenvalue weighted by Gasteiger charge is -2.25. The van der Waals surface area contributed by atoms with Gasteiger partial charge in [-0.25, -0.2) is 9.67 Å². The number of hydrogen-bond donors (Lipinski definition) is 1. The Kier molecular flexibility index (Phi) is 3.25. The highest BCUT2D eigenvalue weighted by Crippen LogP contribution is 2.26. The molecule has 2 aromatic heterocycles. The van der Waals surface area contributed by atoms with E-state index in [1.54, 1.807) is 6.33 Å². The standard InChI is InChI=1S/C17H19N5/c1-2-12-9-16(14-5-3-4-6-15(14)20-12)21-13-7-8-17-18-11-19-22(17)10-13/h3-6,9,11,13H,2,7-8,10H2,1H3,(H,20,21). The minimum Gasteiger partial charge on any atom is -0.380 e. The SMILES string of the molecule is CCc1cc(NC2CCc3ncnn3C2)c2ccccc2n1. The van der Waals surface area contributed by atoms with Gasteiger partial charge in [0, 0.05) is 29.2 Å². The molecule has 0 spiro atoms. The van der Waals surface area contributed by atoms with Crippen LogP contribution in [0.4, 0.5) is 5.69 Å². The molecule has 112 valence electrons. The maximum Gasteiger partial charge on any atom is 0.138 e. The maximum atomic E-state index is 4.71. The summed E-state index contributed by atoms with van der Waals surface area (Å²) in [7, 11) is 0. The van der Waals surface area contributed by atoms with E-state index in [2.05, 4.69) is 46.6 Å². The van der Waals surface area contributed by atoms with Crippen LogP contribution in [-0.4, -0.2) is 25.8 Å². The molecule has 3 heterocycles. The lowest BCUT2D eigenvalue weighted by molar-refractivity contribution is 0.441. The normalized spacial score (nSPS) is 17.4. The number of benzene rings is 1. The average Bonchev–Trinajstić information content (AvgIpc) is 3.02. The van der Waals surface area contributed by atoms with Crippen molar-refractivity contribution >= 4 is 16.6 Å². The summed E-state index contributed by atoms with van der Waals surface area (Å²) in [5.74, 6) is 1.09. The van der Waals surface area contributed by atoms with Crippen molar-refractivity contribution in [1.29, 1.82) is 0 Å². The zero-order valence-electron chi connectivity index (χ0n) is 12.7. The number of pyridine rings is 1. The second-order valence-corrected chi connectivity index (χ2v) is 5.77. The minimum absolute atomic E-state index is 0.379. The van der Waals surface area contributed by atoms with Crippen LogP contribution in [0.1, 0.15) is 24.9 Å². The first kappa shape index (κ1) is 13.2. The van der Waals surface area contributed by atoms with E-state index in [0.717, 1.165) is 42.8 Å². The fourth-order valence-electron chi connectivity index (χ4n) is 3.11. The molecule has 4 rings (SSSR count). The molecule has 0 fully saturated rings. The van der Waals surface area contributed by atoms with Gasteiger partial charge in [0.2, 0.25) is 0 Å². The molecule has 1 atom stereocenters. The average molecular weight is 293 g/mol. The van der Waals surface area contributed by atoms with E-state index >= 15 is 0 Å². The zero-order valence-corrected chi connectivity index (χ0v) is 12.7. The van der Waals surface area contributed by atoms with E-state index in [9.17, 15) is 0 Å². The largest absolute Gasteiger partial charge is 0.380 e. The van der Waals surface area contributed by atoms with Gasteiger partial charge in [-0.2, -0.15) is 5.10 Å². The lowest BCUT2D eigenvalue weighted by atomic mass is 10.1. The summed E-state index contributed by atoms with van der Waals surface area (Å²) in [5.41, 5.74) is 3.36. The summed E-state index contributed by atoms with van der Waals surface area (Å²) in [4.78, 5) is 9.00. The molecule has 1 unspecified atom stereocenters. The molecule has 0 saturated heterocycles. The zero-order chi connectivity index (χ0) is 14.9. The van der Waals surface area contributed by atoms with Gasteiger partial charge in [-0.05, 0) is 25.0 Å². The van der Waals surface area contributed by atoms with Gasteiger partial charge in [0.05, 0.1) is 12.1 Å². The Morgan fingerprint density at radius 1 is 1.32 bits per heavy atom. The molecule has 3 aromatic rings. The smallest absolute Gasteiger partial charge is 0.138 e. The first-order valence-corrected chi connectivity index (χ1v) is 7.85. The fraction of sp³-hybridized carbons (Fsp3) is 0.353. The molecular formula is C17H19N5. The number of rotatable bonds is 3. The number of aromatic nitrogens is 4. The lowest BCUT2D eigenvalue weighted by Crippen LogP contribution is -2.32. The van der Waals surface area contributed by atoms with Gasteiger partial charge < -0.3 is 5.32 Å². The van der Waals surface area contributed by atoms with Crippen molar-refractivity contribution in [3.63, 3.8) is 0 Å². The Bertz CT molecular complexity index is 808. The highest BCUT2D eigenvalue weighted by molar-refractivity contribution is 5.91. The molecule has 0 radical (unpaired) electrons. The Hall–Kier alpha value is -2.43. The Labute approximate surface area is 129 Å². The predicted molar refractivity (Wildman–Crippen MR) is 86.9 cm³/mol. The molecule has 0 amide bonds. The van der Waals surface area contributed by atoms with Gasteiger partial charge in [-0.15, -0.1) is 0 Å². The van der Waals surface area contributed by atoms with Crippen LogP contribution in [0, 0.1) is 0 Å². The van der Waals surface area contributed by atoms with E-state index in [0.29, 0.717) is 6.04 Å². The Morgan fingerprint density at radius 3 is 3.14 bits per heavy atom. The van der Waals surface area contributed by atoms with Crippen molar-refractivity contribution in [3.05, 3.63) is 48.2 Å². The van der Waals surface area contributed by atoms with Crippen LogP contribution in [0.5, 0.6) is 0 Å². The number of hydrogen-bond acceptors (Lipinski definition) is 4. The van der Waals surface area contributed by atoms with Crippen LogP contribution in [0.25, 0.3) is 10.9 Å². The first-order valence-electron chi connectivity index (χ1n) is 7.85. The number of aryl methyl sites for hydroxylation is 2. The molecular weight excluding hydrogens is 274 g/mol. The third-order valence-electron chi connectivity index (χ3n) is 4.30. The number of nitrogens with one attached hydrogen (secondary N) is 1. The highest BCUT2D eigenvalue weighted by atomic mass is 15.3. The number of para-hydroxylation sites is 1. The molecule has 5 heteroatoms. The molecule has 0 aliphatic carbocycles. The molecule has 22 heavy (non-hydrogen) atoms. The summed E-state index contributed by atoms with van der Waals surface area (Å²) < 4.78 is 2.01. The second kappa shape index (κ2) is 5.40. The van der Waals surface area contributed by atoms with Crippen LogP contribution >= 0.6 is 0 Å². The van der Waals surface area contributed by atoms with Crippen molar-refractivity contribution in [1.82, 2.24) is 19.7 Å². The van der Waals surface area contributed by atoms with Crippen molar-refractivity contribution in [2.24, 2.45) is 0 Å². The second-order valence-electron chi connectivity index (χ2n) is 5.77. The summed E-state index contributed by atoms with van der Waals surface area (Å²) >= 11 is 0. The van der Waals surface area contributed by atoms with Crippen molar-refractivity contribution in [2.75, 3.05) is 5.32 Å². The van der Waals surface area contributed by atoms with E-state index in [4.69, 9.17) is 4.98 Å². The van der Waals surface area contributed by atoms with E-state index in [1.807, 2.05) is 10.7 Å². The van der Waals surface area contributed by atoms with Gasteiger partial charge >= 0.3 is 0 Å². The highest BCUT2D eigenvalue weighted by Gasteiger charge is 2.20. The first-order chi connectivity index (χ1) is 10.8. The molecule has 1 aliphatic heterocycles. The number of fused-ring (bicyclic) bond motifs is 2. The Morgan fingerprint density at radius 2 is 2.23 bits per heavy atom. The van der Waals surface area contributed by atoms with Crippen LogP contribution in [0.15, 0.2) is 36.7 Å². The van der Waals surface area contributed by atoms with Crippen molar-refractivity contribution in [3.8, 4) is 0 Å². The predicted octanol–water partition coefficient (Wildman–Crippen LogP) is 2.82. The monoisotopic (exact) mass is 293 g/mol. The van der Waals surface area contributed by atoms with Gasteiger partial charge in [0.25, 0.3) is 0 Å². The van der Waals surface area contributed by atoms with E-state index in [-0.39, 0.29) is 0 Å². The third-order valence-corrected chi connectivity index (χ3v) is 4.30. The van der Waals surface area contributed by atoms with Gasteiger partial charge in [0.1, 0.15) is 12.2 Å². The van der Waals surface area contributed by atoms with Gasteiger partial charge in [-0.3, -0.25) is 4.98 Å². The summed E-state index contributed by atoms with van der Waals surface area (Å²) in [6.07, 6.45) is 4.64. The summed E-state index contributed by atoms with van der Waals surface area (Å²) in [6.45, 7) is 3.01. The molecule has 1 N–H and O–H groups in total. The summed E-state index contributed by atoms with van der Waals surface area (Å²) in [5, 5.41) is 9.18. The molecule has 0 bridgehead atoms. The third kappa shape index (κ3) is 2.32. The van der Waals surface area contributed by atoms with E-state index < -0.39 is 0 Å².